The third kappa shape index (κ3) is 2.67. The molecular formula is C9H10Cl2O. The summed E-state index contributed by atoms with van der Waals surface area (Å²) in [6.07, 6.45) is 0.461. The fraction of sp³-hybridized carbons (Fsp3) is 0.333. The molecule has 12 heavy (non-hydrogen) atoms. The van der Waals surface area contributed by atoms with Crippen LogP contribution >= 0.6 is 23.2 Å². The van der Waals surface area contributed by atoms with Crippen LogP contribution in [0.4, 0.5) is 0 Å². The predicted octanol–water partition coefficient (Wildman–Crippen LogP) is 2.84. The van der Waals surface area contributed by atoms with Gasteiger partial charge in [-0.3, -0.25) is 0 Å². The molecule has 1 atom stereocenters. The Bertz CT molecular complexity index is 210. The van der Waals surface area contributed by atoms with Crippen molar-refractivity contribution in [2.45, 2.75) is 12.0 Å². The lowest BCUT2D eigenvalue weighted by Crippen LogP contribution is -1.94. The van der Waals surface area contributed by atoms with Crippen molar-refractivity contribution in [3.63, 3.8) is 0 Å². The van der Waals surface area contributed by atoms with Crippen molar-refractivity contribution < 1.29 is 5.11 Å². The molecule has 0 bridgehead atoms. The molecule has 0 aromatic carbocycles. The normalized spacial score (nSPS) is 12.9. The van der Waals surface area contributed by atoms with Gasteiger partial charge in [0.25, 0.3) is 0 Å². The Hall–Kier alpha value is -0.240. The van der Waals surface area contributed by atoms with Crippen LogP contribution in [0.3, 0.4) is 0 Å². The Morgan fingerprint density at radius 2 is 1.58 bits per heavy atom. The summed E-state index contributed by atoms with van der Waals surface area (Å²) in [5, 5.41) is 8.23. The van der Waals surface area contributed by atoms with Crippen molar-refractivity contribution >= 4 is 23.2 Å². The van der Waals surface area contributed by atoms with Gasteiger partial charge in [0.05, 0.1) is 0 Å². The van der Waals surface area contributed by atoms with Crippen LogP contribution in [0.2, 0.25) is 0 Å². The molecule has 0 aromatic rings. The topological polar surface area (TPSA) is 20.2 Å². The van der Waals surface area contributed by atoms with Crippen LogP contribution in [0.5, 0.6) is 0 Å². The number of aliphatic hydroxyl groups is 1. The van der Waals surface area contributed by atoms with Crippen molar-refractivity contribution in [2.24, 2.45) is 0 Å². The van der Waals surface area contributed by atoms with Crippen LogP contribution in [0, 0.1) is 0 Å². The molecule has 1 unspecified atom stereocenters. The molecule has 66 valence electrons. The van der Waals surface area contributed by atoms with Crippen molar-refractivity contribution in [3.8, 4) is 11.1 Å². The molecule has 3 heteroatoms. The zero-order chi connectivity index (χ0) is 8.97. The van der Waals surface area contributed by atoms with Gasteiger partial charge in [-0.1, -0.05) is 35.9 Å². The number of hydrogen-bond donors (Lipinski definition) is 1. The molecule has 0 saturated carbocycles. The van der Waals surface area contributed by atoms with E-state index in [1.807, 2.05) is 0 Å². The van der Waals surface area contributed by atoms with E-state index in [1.165, 1.54) is 11.1 Å². The summed E-state index contributed by atoms with van der Waals surface area (Å²) in [5.74, 6) is 0.421. The van der Waals surface area contributed by atoms with E-state index in [9.17, 15) is 0 Å². The average molecular weight is 205 g/mol. The summed E-state index contributed by atoms with van der Waals surface area (Å²) in [7, 11) is 0. The van der Waals surface area contributed by atoms with Gasteiger partial charge in [-0.05, 0) is 11.1 Å². The number of hydrogen-bond acceptors (Lipinski definition) is 1. The first-order valence-corrected chi connectivity index (χ1v) is 4.69. The third-order valence-corrected chi connectivity index (χ3v) is 2.00. The minimum atomic E-state index is -0.762. The van der Waals surface area contributed by atoms with Crippen molar-refractivity contribution in [2.75, 3.05) is 5.88 Å². The summed E-state index contributed by atoms with van der Waals surface area (Å²) in [6.45, 7) is 0. The summed E-state index contributed by atoms with van der Waals surface area (Å²) >= 11 is 10.2. The summed E-state index contributed by atoms with van der Waals surface area (Å²) in [4.78, 5) is 0. The molecule has 2 rings (SSSR count). The quantitative estimate of drug-likeness (QED) is 0.747. The highest BCUT2D eigenvalue weighted by molar-refractivity contribution is 6.21. The van der Waals surface area contributed by atoms with E-state index in [0.717, 1.165) is 0 Å². The second kappa shape index (κ2) is 4.70. The lowest BCUT2D eigenvalue weighted by Gasteiger charge is -2.10. The maximum atomic E-state index is 8.23. The zero-order valence-corrected chi connectivity index (χ0v) is 8.02. The van der Waals surface area contributed by atoms with Gasteiger partial charge in [-0.25, -0.2) is 0 Å². The smallest absolute Gasteiger partial charge is 0.129 e. The molecular weight excluding hydrogens is 195 g/mol. The van der Waals surface area contributed by atoms with E-state index in [0.29, 0.717) is 12.3 Å². The highest BCUT2D eigenvalue weighted by atomic mass is 35.5. The van der Waals surface area contributed by atoms with Gasteiger partial charge in [0.1, 0.15) is 5.56 Å². The van der Waals surface area contributed by atoms with Gasteiger partial charge in [0.2, 0.25) is 0 Å². The highest BCUT2D eigenvalue weighted by Crippen LogP contribution is 2.29. The molecule has 0 heterocycles. The van der Waals surface area contributed by atoms with E-state index >= 15 is 0 Å². The number of rotatable bonds is 2. The number of alkyl halides is 2. The Morgan fingerprint density at radius 1 is 1.17 bits per heavy atom. The third-order valence-electron chi connectivity index (χ3n) is 1.57. The summed E-state index contributed by atoms with van der Waals surface area (Å²) < 4.78 is 0. The van der Waals surface area contributed by atoms with E-state index in [1.54, 1.807) is 0 Å². The fourth-order valence-electron chi connectivity index (χ4n) is 0.753. The number of halogens is 2. The first kappa shape index (κ1) is 9.85. The molecule has 1 N–H and O–H groups in total. The molecule has 0 saturated heterocycles. The molecule has 0 amide bonds. The number of aliphatic hydroxyl groups excluding tert-OH is 1. The van der Waals surface area contributed by atoms with Gasteiger partial charge in [0, 0.05) is 12.3 Å². The van der Waals surface area contributed by atoms with Gasteiger partial charge in [-0.2, -0.15) is 0 Å². The number of fused-ring (bicyclic) bond motifs is 1. The first-order valence-electron chi connectivity index (χ1n) is 3.72. The maximum Gasteiger partial charge on any atom is 0.129 e. The van der Waals surface area contributed by atoms with Gasteiger partial charge < -0.3 is 5.11 Å². The van der Waals surface area contributed by atoms with Crippen LogP contribution in [0.15, 0.2) is 24.3 Å². The average Bonchev–Trinajstić information content (AvgIpc) is 1.98. The first-order chi connectivity index (χ1) is 5.74. The summed E-state index contributed by atoms with van der Waals surface area (Å²) in [5.41, 5.74) is 2.09. The number of benzene rings is 1. The lowest BCUT2D eigenvalue weighted by atomic mass is 9.95. The van der Waals surface area contributed by atoms with Crippen molar-refractivity contribution in [1.29, 1.82) is 0 Å². The van der Waals surface area contributed by atoms with E-state index in [-0.39, 0.29) is 0 Å². The molecule has 0 aliphatic heterocycles. The van der Waals surface area contributed by atoms with Gasteiger partial charge in [0.15, 0.2) is 0 Å². The van der Waals surface area contributed by atoms with Crippen LogP contribution < -0.4 is 0 Å². The molecule has 0 radical (unpaired) electrons. The predicted molar refractivity (Wildman–Crippen MR) is 52.6 cm³/mol. The lowest BCUT2D eigenvalue weighted by molar-refractivity contribution is 0.253. The molecule has 0 fully saturated rings. The Balaban J connectivity index is 0.000000120. The Kier molecular flexibility index (Phi) is 3.86. The zero-order valence-electron chi connectivity index (χ0n) is 6.50. The highest BCUT2D eigenvalue weighted by Gasteiger charge is 2.03. The molecule has 1 nitrogen and oxygen atoms in total. The standard InChI is InChI=1S/C6H4.C3H6Cl2O/c1-2-6-4-3-5(1)6;4-2-1-3(5)6/h1-4H;3,6H,1-2H2. The maximum absolute atomic E-state index is 8.23. The molecule has 0 spiro atoms. The summed E-state index contributed by atoms with van der Waals surface area (Å²) in [6, 6.07) is 8.48. The molecule has 2 aliphatic carbocycles. The van der Waals surface area contributed by atoms with Gasteiger partial charge >= 0.3 is 0 Å². The van der Waals surface area contributed by atoms with E-state index < -0.39 is 5.56 Å². The second-order valence-corrected chi connectivity index (χ2v) is 3.37. The van der Waals surface area contributed by atoms with Crippen LogP contribution in [-0.2, 0) is 0 Å². The second-order valence-electron chi connectivity index (χ2n) is 2.49. The van der Waals surface area contributed by atoms with Crippen LogP contribution in [0.25, 0.3) is 11.1 Å². The monoisotopic (exact) mass is 204 g/mol. The van der Waals surface area contributed by atoms with Gasteiger partial charge in [-0.15, -0.1) is 11.6 Å². The van der Waals surface area contributed by atoms with Crippen molar-refractivity contribution in [1.82, 2.24) is 0 Å². The fourth-order valence-corrected chi connectivity index (χ4v) is 1.18. The van der Waals surface area contributed by atoms with E-state index in [4.69, 9.17) is 28.3 Å². The molecule has 2 aliphatic rings. The minimum absolute atomic E-state index is 0.421. The van der Waals surface area contributed by atoms with E-state index in [2.05, 4.69) is 24.3 Å². The largest absolute Gasteiger partial charge is 0.378 e. The molecule has 0 aromatic heterocycles. The van der Waals surface area contributed by atoms with Crippen LogP contribution in [-0.4, -0.2) is 16.5 Å². The Morgan fingerprint density at radius 3 is 1.58 bits per heavy atom. The minimum Gasteiger partial charge on any atom is -0.378 e. The van der Waals surface area contributed by atoms with Crippen LogP contribution in [0.1, 0.15) is 6.42 Å². The van der Waals surface area contributed by atoms with Crippen molar-refractivity contribution in [3.05, 3.63) is 24.3 Å². The Labute approximate surface area is 81.9 Å². The SMILES string of the molecule is OC(Cl)CCCl.c1cc2ccc1-2.